The Morgan fingerprint density at radius 2 is 0.731 bits per heavy atom. The minimum atomic E-state index is -0.799. The van der Waals surface area contributed by atoms with E-state index in [9.17, 15) is 48.6 Å². The van der Waals surface area contributed by atoms with E-state index in [1.54, 1.807) is 72.8 Å². The normalized spacial score (nSPS) is 10.2. The fourth-order valence-electron chi connectivity index (χ4n) is 8.41. The molecule has 0 amide bonds. The quantitative estimate of drug-likeness (QED) is 0.0516. The number of benzene rings is 6. The van der Waals surface area contributed by atoms with E-state index in [2.05, 4.69) is 38.3 Å². The van der Waals surface area contributed by atoms with Crippen molar-refractivity contribution in [2.24, 2.45) is 0 Å². The third-order valence-corrected chi connectivity index (χ3v) is 12.0. The van der Waals surface area contributed by atoms with Gasteiger partial charge in [0.05, 0.1) is 54.6 Å². The Morgan fingerprint density at radius 1 is 0.409 bits per heavy atom. The van der Waals surface area contributed by atoms with Crippen molar-refractivity contribution in [3.63, 3.8) is 0 Å². The van der Waals surface area contributed by atoms with Crippen molar-refractivity contribution < 1.29 is 95.9 Å². The smallest absolute Gasteiger partial charge is 0.360 e. The van der Waals surface area contributed by atoms with Crippen molar-refractivity contribution in [1.29, 1.82) is 0 Å². The Labute approximate surface area is 535 Å². The summed E-state index contributed by atoms with van der Waals surface area (Å²) in [5.41, 5.74) is 0.569. The zero-order chi connectivity index (χ0) is 68.3. The van der Waals surface area contributed by atoms with Crippen LogP contribution in [0.15, 0.2) is 146 Å². The lowest BCUT2D eigenvalue weighted by Crippen LogP contribution is -2.15. The molecule has 0 saturated heterocycles. The number of hydrogen-bond donors (Lipinski definition) is 2. The van der Waals surface area contributed by atoms with Crippen LogP contribution in [0.4, 0.5) is 0 Å². The first kappa shape index (κ1) is 72.2. The summed E-state index contributed by atoms with van der Waals surface area (Å²) in [7, 11) is 7.44. The van der Waals surface area contributed by atoms with E-state index < -0.39 is 47.8 Å². The molecule has 0 saturated carbocycles. The van der Waals surface area contributed by atoms with E-state index in [-0.39, 0.29) is 58.9 Å². The highest BCUT2D eigenvalue weighted by molar-refractivity contribution is 6.05. The van der Waals surface area contributed by atoms with Crippen molar-refractivity contribution in [2.75, 3.05) is 35.4 Å². The van der Waals surface area contributed by atoms with Gasteiger partial charge in [-0.3, -0.25) is 24.0 Å². The van der Waals surface area contributed by atoms with Gasteiger partial charge in [0.15, 0.2) is 34.3 Å². The van der Waals surface area contributed by atoms with Crippen molar-refractivity contribution in [2.45, 2.75) is 74.6 Å². The van der Waals surface area contributed by atoms with E-state index in [0.29, 0.717) is 79.1 Å². The van der Waals surface area contributed by atoms with Gasteiger partial charge in [-0.1, -0.05) is 111 Å². The van der Waals surface area contributed by atoms with Gasteiger partial charge in [-0.15, -0.1) is 0 Å². The van der Waals surface area contributed by atoms with E-state index in [4.69, 9.17) is 37.9 Å². The second-order valence-corrected chi connectivity index (χ2v) is 19.7. The van der Waals surface area contributed by atoms with Crippen LogP contribution in [0.25, 0.3) is 32.3 Å². The third-order valence-electron chi connectivity index (χ3n) is 12.0. The maximum atomic E-state index is 12.3. The molecule has 3 aromatic heterocycles. The summed E-state index contributed by atoms with van der Waals surface area (Å²) in [6.45, 7) is 10.4. The van der Waals surface area contributed by atoms with E-state index in [1.165, 1.54) is 62.4 Å². The summed E-state index contributed by atoms with van der Waals surface area (Å²) in [4.78, 5) is 105. The van der Waals surface area contributed by atoms with Gasteiger partial charge in [0, 0.05) is 57.3 Å². The van der Waals surface area contributed by atoms with Crippen LogP contribution in [-0.4, -0.2) is 113 Å². The molecule has 9 aromatic rings. The fraction of sp³-hybridized carbons (Fsp3) is 0.232. The number of aromatic hydroxyl groups is 2. The van der Waals surface area contributed by atoms with Crippen molar-refractivity contribution in [1.82, 2.24) is 19.9 Å². The Morgan fingerprint density at radius 3 is 1.05 bits per heavy atom. The number of aromatic nitrogens is 3. The third kappa shape index (κ3) is 20.8. The fourth-order valence-corrected chi connectivity index (χ4v) is 8.41. The lowest BCUT2D eigenvalue weighted by molar-refractivity contribution is -0.156. The van der Waals surface area contributed by atoms with Gasteiger partial charge in [-0.2, -0.15) is 0 Å². The number of methoxy groups -OCH3 is 3. The van der Waals surface area contributed by atoms with Crippen LogP contribution >= 0.6 is 0 Å². The number of carbonyl (C=O) groups excluding carboxylic acids is 8. The summed E-state index contributed by atoms with van der Waals surface area (Å²) in [6.07, 6.45) is 1.25. The van der Waals surface area contributed by atoms with Gasteiger partial charge >= 0.3 is 47.8 Å². The molecule has 93 heavy (non-hydrogen) atoms. The summed E-state index contributed by atoms with van der Waals surface area (Å²) in [5.74, 6) is -2.49. The summed E-state index contributed by atoms with van der Waals surface area (Å²) < 4.78 is 51.6. The summed E-state index contributed by atoms with van der Waals surface area (Å²) >= 11 is 0. The van der Waals surface area contributed by atoms with Crippen molar-refractivity contribution >= 4 is 80.1 Å². The van der Waals surface area contributed by atoms with E-state index >= 15 is 0 Å². The van der Waals surface area contributed by atoms with Gasteiger partial charge in [0.2, 0.25) is 0 Å². The van der Waals surface area contributed by atoms with Crippen LogP contribution in [-0.2, 0) is 72.2 Å². The average Bonchev–Trinajstić information content (AvgIpc) is 0.785. The monoisotopic (exact) mass is 1270 g/mol. The van der Waals surface area contributed by atoms with Crippen molar-refractivity contribution in [3.8, 4) is 51.7 Å². The molecule has 486 valence electrons. The standard InChI is InChI=1S/C22H19NO7.C20H20N2O4.C20H17NO6.C4H6O3.C3H8/c1-13(24)28-12-17-19-16(21(29-14(2)25)20(23-17)22(26)27-3)10-7-11-18(19)30-15-8-5-4-6-9-15;1-22(2)12-15-17-14(19(23)18(21-15)20(24)25-3)10-7-11-16(17)26-13-8-5-4-6-9-13;1-12(22)26-11-15-17-14(19(23)18(21-15)20(24)25-2)9-6-10-16(17)27-13-7-4-3-5-8-13;1-3(5)7-4(2)6;1-3-2/h4-11H,12H2,1-3H3;4-11,23H,12H2,1-3H3;3-10,23H,11H2,1-2H3;1-2H3;3H2,1-2H3. The van der Waals surface area contributed by atoms with Gasteiger partial charge in [0.1, 0.15) is 47.7 Å². The number of esters is 8. The molecule has 0 fully saturated rings. The number of fused-ring (bicyclic) bond motifs is 3. The topological polar surface area (TPSA) is 311 Å². The second-order valence-electron chi connectivity index (χ2n) is 19.7. The first-order valence-corrected chi connectivity index (χ1v) is 28.4. The molecule has 2 N–H and O–H groups in total. The summed E-state index contributed by atoms with van der Waals surface area (Å²) in [5, 5.41) is 23.8. The Kier molecular flexibility index (Phi) is 27.6. The van der Waals surface area contributed by atoms with E-state index in [1.807, 2.05) is 91.8 Å². The van der Waals surface area contributed by atoms with Crippen LogP contribution in [0.1, 0.15) is 103 Å². The molecule has 6 aromatic carbocycles. The Bertz CT molecular complexity index is 4100. The number of pyridine rings is 3. The number of nitrogens with zero attached hydrogens (tertiary/aromatic N) is 4. The van der Waals surface area contributed by atoms with Crippen molar-refractivity contribution in [3.05, 3.63) is 180 Å². The first-order chi connectivity index (χ1) is 44.5. The molecule has 0 spiro atoms. The molecule has 0 atom stereocenters. The Hall–Kier alpha value is -11.5. The highest BCUT2D eigenvalue weighted by atomic mass is 16.6. The maximum absolute atomic E-state index is 12.3. The zero-order valence-electron chi connectivity index (χ0n) is 53.2. The van der Waals surface area contributed by atoms with Gasteiger partial charge in [0.25, 0.3) is 0 Å². The minimum Gasteiger partial charge on any atom is -0.505 e. The maximum Gasteiger partial charge on any atom is 0.360 e. The van der Waals surface area contributed by atoms with Gasteiger partial charge in [-0.25, -0.2) is 29.3 Å². The minimum absolute atomic E-state index is 0.0607. The molecule has 24 heteroatoms. The molecule has 0 aliphatic rings. The van der Waals surface area contributed by atoms with Crippen LogP contribution in [0.5, 0.6) is 51.7 Å². The predicted molar refractivity (Wildman–Crippen MR) is 340 cm³/mol. The molecular weight excluding hydrogens is 1200 g/mol. The largest absolute Gasteiger partial charge is 0.505 e. The highest BCUT2D eigenvalue weighted by Crippen LogP contribution is 2.42. The lowest BCUT2D eigenvalue weighted by Gasteiger charge is -2.17. The Balaban J connectivity index is 0.000000236. The van der Waals surface area contributed by atoms with Gasteiger partial charge in [-0.05, 0) is 68.7 Å². The number of rotatable bonds is 16. The molecule has 0 aliphatic heterocycles. The average molecular weight is 1280 g/mol. The first-order valence-electron chi connectivity index (χ1n) is 28.4. The molecule has 3 heterocycles. The second kappa shape index (κ2) is 35.6. The van der Waals surface area contributed by atoms with E-state index in [0.717, 1.165) is 0 Å². The lowest BCUT2D eigenvalue weighted by atomic mass is 10.1. The van der Waals surface area contributed by atoms with Crippen LogP contribution in [0.3, 0.4) is 0 Å². The number of hydrogen-bond acceptors (Lipinski definition) is 24. The highest BCUT2D eigenvalue weighted by Gasteiger charge is 2.27. The zero-order valence-corrected chi connectivity index (χ0v) is 53.2. The molecule has 9 rings (SSSR count). The van der Waals surface area contributed by atoms with Crippen LogP contribution in [0.2, 0.25) is 0 Å². The molecule has 0 unspecified atom stereocenters. The number of para-hydroxylation sites is 3. The molecule has 0 bridgehead atoms. The summed E-state index contributed by atoms with van der Waals surface area (Å²) in [6, 6.07) is 42.8. The SMILES string of the molecule is CC(=O)OC(C)=O.CCC.COC(=O)c1nc(CN(C)C)c2c(Oc3ccccc3)cccc2c1O.COC(=O)c1nc(COC(C)=O)c2c(Oc3ccccc3)cccc2c1O.COC(=O)c1nc(COC(C)=O)c2c(Oc3ccccc3)cccc2c1OC(C)=O. The molecule has 0 aliphatic carbocycles. The van der Waals surface area contributed by atoms with Crippen LogP contribution in [0, 0.1) is 0 Å². The van der Waals surface area contributed by atoms with Gasteiger partial charge < -0.3 is 62.5 Å². The molecular formula is C69H70N4O20. The predicted octanol–water partition coefficient (Wildman–Crippen LogP) is 12.5. The number of carbonyl (C=O) groups is 8. The van der Waals surface area contributed by atoms with Crippen LogP contribution < -0.4 is 18.9 Å². The molecule has 24 nitrogen and oxygen atoms in total. The number of ether oxygens (including phenoxy) is 10. The molecule has 0 radical (unpaired) electrons.